The Hall–Kier alpha value is 1.04. The standard InChI is InChI=1S/CH2BrO.Li/c2-1-3;/h1,3H;/q-1;+1. The minimum atomic E-state index is 0. The number of aliphatic hydroxyl groups is 1. The summed E-state index contributed by atoms with van der Waals surface area (Å²) in [7, 11) is 0. The molecule has 0 fully saturated rings. The maximum Gasteiger partial charge on any atom is 1.00 e. The molecule has 0 atom stereocenters. The van der Waals surface area contributed by atoms with Gasteiger partial charge in [0.05, 0.1) is 0 Å². The quantitative estimate of drug-likeness (QED) is 0.284. The first-order chi connectivity index (χ1) is 1.41. The topological polar surface area (TPSA) is 20.2 Å². The molecule has 0 bridgehead atoms. The smallest absolute Gasteiger partial charge is 0.555 e. The van der Waals surface area contributed by atoms with Crippen LogP contribution in [-0.4, -0.2) is 5.11 Å². The third kappa shape index (κ3) is 11.7. The molecule has 0 spiro atoms. The Labute approximate surface area is 45.7 Å². The van der Waals surface area contributed by atoms with Crippen molar-refractivity contribution in [3.63, 3.8) is 0 Å². The van der Waals surface area contributed by atoms with Gasteiger partial charge >= 0.3 is 18.9 Å². The van der Waals surface area contributed by atoms with Gasteiger partial charge in [-0.3, -0.25) is 15.9 Å². The van der Waals surface area contributed by atoms with Crippen LogP contribution in [0.4, 0.5) is 0 Å². The molecule has 0 amide bonds. The van der Waals surface area contributed by atoms with Gasteiger partial charge in [0.15, 0.2) is 0 Å². The first kappa shape index (κ1) is 8.90. The van der Waals surface area contributed by atoms with Gasteiger partial charge < -0.3 is 5.11 Å². The van der Waals surface area contributed by atoms with Crippen molar-refractivity contribution in [3.8, 4) is 0 Å². The van der Waals surface area contributed by atoms with Gasteiger partial charge in [-0.05, 0) is 0 Å². The molecular weight excluding hydrogens is 115 g/mol. The Bertz CT molecular complexity index is 8.00. The summed E-state index contributed by atoms with van der Waals surface area (Å²) in [4.78, 5) is 0. The fraction of sp³-hybridized carbons (Fsp3) is 0. The first-order valence-corrected chi connectivity index (χ1v) is 1.39. The van der Waals surface area contributed by atoms with Crippen LogP contribution in [0.3, 0.4) is 0 Å². The molecule has 3 heteroatoms. The van der Waals surface area contributed by atoms with Crippen molar-refractivity contribution in [1.82, 2.24) is 0 Å². The Morgan fingerprint density at radius 2 is 1.75 bits per heavy atom. The molecule has 0 radical (unpaired) electrons. The van der Waals surface area contributed by atoms with E-state index in [1.165, 1.54) is 0 Å². The summed E-state index contributed by atoms with van der Waals surface area (Å²) in [6.45, 7) is 0. The molecule has 0 unspecified atom stereocenters. The maximum atomic E-state index is 7.36. The summed E-state index contributed by atoms with van der Waals surface area (Å²) in [6, 6.07) is 0. The van der Waals surface area contributed by atoms with Crippen molar-refractivity contribution in [2.24, 2.45) is 0 Å². The predicted octanol–water partition coefficient (Wildman–Crippen LogP) is -2.12. The van der Waals surface area contributed by atoms with Gasteiger partial charge in [-0.1, -0.05) is 0 Å². The zero-order valence-corrected chi connectivity index (χ0v) is 3.99. The summed E-state index contributed by atoms with van der Waals surface area (Å²) >= 11 is 2.58. The van der Waals surface area contributed by atoms with E-state index < -0.39 is 0 Å². The average molecular weight is 117 g/mol. The van der Waals surface area contributed by atoms with E-state index in [4.69, 9.17) is 5.11 Å². The molecule has 0 heterocycles. The van der Waals surface area contributed by atoms with E-state index in [9.17, 15) is 0 Å². The molecule has 0 aromatic rings. The van der Waals surface area contributed by atoms with Crippen molar-refractivity contribution >= 4 is 15.9 Å². The number of hydrogen-bond acceptors (Lipinski definition) is 1. The van der Waals surface area contributed by atoms with E-state index in [-0.39, 0.29) is 18.9 Å². The molecule has 0 aliphatic carbocycles. The van der Waals surface area contributed by atoms with Crippen LogP contribution in [0.2, 0.25) is 0 Å². The van der Waals surface area contributed by atoms with Gasteiger partial charge in [-0.15, -0.1) is 0 Å². The number of aliphatic hydroxyl groups excluding tert-OH is 1. The van der Waals surface area contributed by atoms with Crippen LogP contribution in [0.5, 0.6) is 0 Å². The van der Waals surface area contributed by atoms with E-state index in [0.29, 0.717) is 0 Å². The Balaban J connectivity index is 0. The Morgan fingerprint density at radius 3 is 1.75 bits per heavy atom. The second-order valence-electron chi connectivity index (χ2n) is 0.0976. The van der Waals surface area contributed by atoms with Crippen molar-refractivity contribution in [1.29, 1.82) is 0 Å². The van der Waals surface area contributed by atoms with Crippen molar-refractivity contribution < 1.29 is 24.0 Å². The summed E-state index contributed by atoms with van der Waals surface area (Å²) in [5, 5.41) is 7.36. The van der Waals surface area contributed by atoms with Crippen molar-refractivity contribution in [2.45, 2.75) is 0 Å². The van der Waals surface area contributed by atoms with Crippen LogP contribution in [0.25, 0.3) is 0 Å². The van der Waals surface area contributed by atoms with Crippen LogP contribution >= 0.6 is 15.9 Å². The van der Waals surface area contributed by atoms with Crippen LogP contribution in [0.15, 0.2) is 0 Å². The minimum absolute atomic E-state index is 0. The van der Waals surface area contributed by atoms with Gasteiger partial charge in [-0.2, -0.15) is 5.52 Å². The molecule has 0 aromatic carbocycles. The number of hydrogen-bond donors (Lipinski definition) is 1. The molecule has 0 aliphatic rings. The predicted molar refractivity (Wildman–Crippen MR) is 15.2 cm³/mol. The number of rotatable bonds is 0. The molecule has 0 saturated heterocycles. The third-order valence-electron chi connectivity index (χ3n) is 0. The summed E-state index contributed by atoms with van der Waals surface area (Å²) in [5.74, 6) is 0. The van der Waals surface area contributed by atoms with Crippen LogP contribution in [0, 0.1) is 5.52 Å². The molecule has 4 heavy (non-hydrogen) atoms. The Kier molecular flexibility index (Phi) is 20.0. The minimum Gasteiger partial charge on any atom is -0.555 e. The molecule has 0 rings (SSSR count). The monoisotopic (exact) mass is 116 g/mol. The van der Waals surface area contributed by atoms with E-state index >= 15 is 0 Å². The van der Waals surface area contributed by atoms with Gasteiger partial charge in [0.2, 0.25) is 0 Å². The molecule has 0 aliphatic heterocycles. The SMILES string of the molecule is O[CH-]Br.[Li+]. The zero-order valence-electron chi connectivity index (χ0n) is 2.40. The van der Waals surface area contributed by atoms with Gasteiger partial charge in [0, 0.05) is 0 Å². The van der Waals surface area contributed by atoms with Crippen LogP contribution in [0.1, 0.15) is 0 Å². The van der Waals surface area contributed by atoms with E-state index in [2.05, 4.69) is 15.9 Å². The second kappa shape index (κ2) is 8.97. The van der Waals surface area contributed by atoms with E-state index in [1.54, 1.807) is 0 Å². The average Bonchev–Trinajstić information content (AvgIpc) is 0.918. The third-order valence-corrected chi connectivity index (χ3v) is 0. The number of halogens is 1. The fourth-order valence-corrected chi connectivity index (χ4v) is 0. The van der Waals surface area contributed by atoms with Crippen molar-refractivity contribution in [2.75, 3.05) is 0 Å². The normalized spacial score (nSPS) is 4.50. The van der Waals surface area contributed by atoms with Crippen LogP contribution < -0.4 is 18.9 Å². The largest absolute Gasteiger partial charge is 1.00 e. The molecular formula is CH2BrLiO. The molecule has 20 valence electrons. The van der Waals surface area contributed by atoms with E-state index in [0.717, 1.165) is 5.52 Å². The molecule has 1 N–H and O–H groups in total. The summed E-state index contributed by atoms with van der Waals surface area (Å²) in [6.07, 6.45) is 0. The second-order valence-corrected chi connectivity index (χ2v) is 0.507. The van der Waals surface area contributed by atoms with E-state index in [1.807, 2.05) is 0 Å². The zero-order chi connectivity index (χ0) is 2.71. The Morgan fingerprint density at radius 1 is 1.75 bits per heavy atom. The van der Waals surface area contributed by atoms with Gasteiger partial charge in [-0.25, -0.2) is 0 Å². The molecule has 0 aromatic heterocycles. The van der Waals surface area contributed by atoms with Gasteiger partial charge in [0.25, 0.3) is 0 Å². The summed E-state index contributed by atoms with van der Waals surface area (Å²) < 4.78 is 0. The van der Waals surface area contributed by atoms with Crippen molar-refractivity contribution in [3.05, 3.63) is 5.52 Å². The first-order valence-electron chi connectivity index (χ1n) is 0.476. The molecule has 1 nitrogen and oxygen atoms in total. The fourth-order valence-electron chi connectivity index (χ4n) is 0. The van der Waals surface area contributed by atoms with Crippen LogP contribution in [-0.2, 0) is 0 Å². The summed E-state index contributed by atoms with van der Waals surface area (Å²) in [5.41, 5.74) is 0.812. The maximum absolute atomic E-state index is 7.36. The molecule has 0 saturated carbocycles. The van der Waals surface area contributed by atoms with Gasteiger partial charge in [0.1, 0.15) is 0 Å².